The Kier molecular flexibility index (Phi) is 10.6. The van der Waals surface area contributed by atoms with E-state index in [1.807, 2.05) is 36.2 Å². The molecule has 1 saturated heterocycles. The minimum atomic E-state index is 0. The van der Waals surface area contributed by atoms with Gasteiger partial charge in [0, 0.05) is 43.3 Å². The first-order chi connectivity index (χ1) is 9.70. The Labute approximate surface area is 150 Å². The van der Waals surface area contributed by atoms with Crippen LogP contribution in [-0.4, -0.2) is 50.6 Å². The maximum absolute atomic E-state index is 12.0. The van der Waals surface area contributed by atoms with Crippen molar-refractivity contribution in [3.63, 3.8) is 0 Å². The number of amides is 1. The van der Waals surface area contributed by atoms with E-state index in [4.69, 9.17) is 11.6 Å². The van der Waals surface area contributed by atoms with E-state index in [2.05, 4.69) is 10.2 Å². The molecule has 22 heavy (non-hydrogen) atoms. The van der Waals surface area contributed by atoms with Gasteiger partial charge in [0.05, 0.1) is 0 Å². The molecule has 1 aliphatic heterocycles. The van der Waals surface area contributed by atoms with E-state index in [9.17, 15) is 4.79 Å². The number of benzene rings is 1. The zero-order valence-corrected chi connectivity index (χ0v) is 15.1. The number of piperazine rings is 1. The fourth-order valence-electron chi connectivity index (χ4n) is 2.44. The lowest BCUT2D eigenvalue weighted by Crippen LogP contribution is -2.48. The molecular weight excluding hydrogens is 345 g/mol. The van der Waals surface area contributed by atoms with Gasteiger partial charge in [-0.3, -0.25) is 4.79 Å². The fourth-order valence-corrected chi connectivity index (χ4v) is 2.57. The van der Waals surface area contributed by atoms with Crippen LogP contribution in [0.1, 0.15) is 12.8 Å². The number of carbonyl (C=O) groups is 1. The molecule has 1 aromatic rings. The normalized spacial score (nSPS) is 14.1. The average molecular weight is 369 g/mol. The molecule has 1 aromatic carbocycles. The highest BCUT2D eigenvalue weighted by molar-refractivity contribution is 6.30. The lowest BCUT2D eigenvalue weighted by molar-refractivity contribution is -0.131. The second-order valence-electron chi connectivity index (χ2n) is 5.05. The Morgan fingerprint density at radius 1 is 1.14 bits per heavy atom. The van der Waals surface area contributed by atoms with E-state index in [0.717, 1.165) is 44.2 Å². The van der Waals surface area contributed by atoms with E-state index in [1.165, 1.54) is 5.69 Å². The summed E-state index contributed by atoms with van der Waals surface area (Å²) in [5.74, 6) is 0.274. The molecule has 4 nitrogen and oxygen atoms in total. The van der Waals surface area contributed by atoms with Crippen LogP contribution in [-0.2, 0) is 4.79 Å². The number of hydrogen-bond acceptors (Lipinski definition) is 3. The summed E-state index contributed by atoms with van der Waals surface area (Å²) in [4.78, 5) is 16.3. The first kappa shape index (κ1) is 21.3. The Morgan fingerprint density at radius 3 is 2.27 bits per heavy atom. The first-order valence-electron chi connectivity index (χ1n) is 7.13. The first-order valence-corrected chi connectivity index (χ1v) is 7.51. The van der Waals surface area contributed by atoms with Crippen LogP contribution in [0.2, 0.25) is 5.02 Å². The topological polar surface area (TPSA) is 35.6 Å². The molecular formula is C15H24Cl3N3O. The number of nitrogens with one attached hydrogen (secondary N) is 1. The molecule has 0 aromatic heterocycles. The second-order valence-corrected chi connectivity index (χ2v) is 5.49. The zero-order valence-electron chi connectivity index (χ0n) is 12.8. The van der Waals surface area contributed by atoms with Crippen molar-refractivity contribution >= 4 is 48.0 Å². The minimum absolute atomic E-state index is 0. The third-order valence-electron chi connectivity index (χ3n) is 3.64. The Hall–Kier alpha value is -0.680. The van der Waals surface area contributed by atoms with Gasteiger partial charge in [-0.1, -0.05) is 11.6 Å². The van der Waals surface area contributed by atoms with Crippen LogP contribution in [0.4, 0.5) is 5.69 Å². The molecule has 1 heterocycles. The van der Waals surface area contributed by atoms with E-state index >= 15 is 0 Å². The summed E-state index contributed by atoms with van der Waals surface area (Å²) in [6.45, 7) is 4.29. The molecule has 0 saturated carbocycles. The summed E-state index contributed by atoms with van der Waals surface area (Å²) in [6, 6.07) is 7.89. The van der Waals surface area contributed by atoms with Gasteiger partial charge >= 0.3 is 0 Å². The van der Waals surface area contributed by atoms with Gasteiger partial charge in [-0.15, -0.1) is 24.8 Å². The van der Waals surface area contributed by atoms with E-state index < -0.39 is 0 Å². The van der Waals surface area contributed by atoms with Crippen molar-refractivity contribution in [2.45, 2.75) is 12.8 Å². The number of halogens is 3. The number of rotatable bonds is 5. The monoisotopic (exact) mass is 367 g/mol. The summed E-state index contributed by atoms with van der Waals surface area (Å²) in [7, 11) is 1.91. The standard InChI is InChI=1S/C15H22ClN3O.2ClH/c1-17-8-2-3-15(20)19-11-9-18(10-12-19)14-6-4-13(16)5-7-14;;/h4-7,17H,2-3,8-12H2,1H3;2*1H. The molecule has 0 bridgehead atoms. The SMILES string of the molecule is CNCCCC(=O)N1CCN(c2ccc(Cl)cc2)CC1.Cl.Cl. The van der Waals surface area contributed by atoms with E-state index in [1.54, 1.807) is 0 Å². The number of carbonyl (C=O) groups excluding carboxylic acids is 1. The fraction of sp³-hybridized carbons (Fsp3) is 0.533. The summed E-state index contributed by atoms with van der Waals surface area (Å²) in [6.07, 6.45) is 1.55. The van der Waals surface area contributed by atoms with Gasteiger partial charge in [-0.05, 0) is 44.3 Å². The van der Waals surface area contributed by atoms with Crippen LogP contribution in [0.5, 0.6) is 0 Å². The van der Waals surface area contributed by atoms with Crippen molar-refractivity contribution in [2.75, 3.05) is 44.7 Å². The molecule has 0 atom stereocenters. The molecule has 7 heteroatoms. The molecule has 1 fully saturated rings. The van der Waals surface area contributed by atoms with Crippen LogP contribution >= 0.6 is 36.4 Å². The molecule has 1 amide bonds. The van der Waals surface area contributed by atoms with Gasteiger partial charge in [-0.2, -0.15) is 0 Å². The van der Waals surface area contributed by atoms with Gasteiger partial charge in [0.1, 0.15) is 0 Å². The van der Waals surface area contributed by atoms with Gasteiger partial charge in [-0.25, -0.2) is 0 Å². The highest BCUT2D eigenvalue weighted by Gasteiger charge is 2.20. The molecule has 2 rings (SSSR count). The Bertz CT molecular complexity index is 434. The smallest absolute Gasteiger partial charge is 0.222 e. The molecule has 0 radical (unpaired) electrons. The van der Waals surface area contributed by atoms with Gasteiger partial charge < -0.3 is 15.1 Å². The summed E-state index contributed by atoms with van der Waals surface area (Å²) in [5, 5.41) is 3.83. The highest BCUT2D eigenvalue weighted by atomic mass is 35.5. The zero-order chi connectivity index (χ0) is 14.4. The summed E-state index contributed by atoms with van der Waals surface area (Å²) < 4.78 is 0. The van der Waals surface area contributed by atoms with Crippen molar-refractivity contribution < 1.29 is 4.79 Å². The van der Waals surface area contributed by atoms with Gasteiger partial charge in [0.15, 0.2) is 0 Å². The highest BCUT2D eigenvalue weighted by Crippen LogP contribution is 2.19. The molecule has 0 aliphatic carbocycles. The predicted molar refractivity (Wildman–Crippen MR) is 97.9 cm³/mol. The third kappa shape index (κ3) is 6.21. The Balaban J connectivity index is 0.00000220. The lowest BCUT2D eigenvalue weighted by atomic mass is 10.2. The molecule has 1 aliphatic rings. The van der Waals surface area contributed by atoms with E-state index in [0.29, 0.717) is 6.42 Å². The number of anilines is 1. The van der Waals surface area contributed by atoms with E-state index in [-0.39, 0.29) is 30.7 Å². The molecule has 126 valence electrons. The largest absolute Gasteiger partial charge is 0.368 e. The number of nitrogens with zero attached hydrogens (tertiary/aromatic N) is 2. The van der Waals surface area contributed by atoms with Crippen molar-refractivity contribution in [3.8, 4) is 0 Å². The van der Waals surface area contributed by atoms with Crippen molar-refractivity contribution in [2.24, 2.45) is 0 Å². The van der Waals surface area contributed by atoms with Crippen molar-refractivity contribution in [3.05, 3.63) is 29.3 Å². The molecule has 1 N–H and O–H groups in total. The summed E-state index contributed by atoms with van der Waals surface area (Å²) >= 11 is 5.90. The third-order valence-corrected chi connectivity index (χ3v) is 3.89. The molecule has 0 unspecified atom stereocenters. The van der Waals surface area contributed by atoms with Crippen LogP contribution in [0.3, 0.4) is 0 Å². The average Bonchev–Trinajstić information content (AvgIpc) is 2.48. The van der Waals surface area contributed by atoms with Crippen LogP contribution in [0.15, 0.2) is 24.3 Å². The number of hydrogen-bond donors (Lipinski definition) is 1. The van der Waals surface area contributed by atoms with Crippen molar-refractivity contribution in [1.82, 2.24) is 10.2 Å². The van der Waals surface area contributed by atoms with Crippen molar-refractivity contribution in [1.29, 1.82) is 0 Å². The lowest BCUT2D eigenvalue weighted by Gasteiger charge is -2.36. The van der Waals surface area contributed by atoms with Crippen LogP contribution in [0, 0.1) is 0 Å². The maximum Gasteiger partial charge on any atom is 0.222 e. The minimum Gasteiger partial charge on any atom is -0.368 e. The van der Waals surface area contributed by atoms with Gasteiger partial charge in [0.25, 0.3) is 0 Å². The maximum atomic E-state index is 12.0. The summed E-state index contributed by atoms with van der Waals surface area (Å²) in [5.41, 5.74) is 1.18. The quantitative estimate of drug-likeness (QED) is 0.812. The predicted octanol–water partition coefficient (Wildman–Crippen LogP) is 2.83. The molecule has 0 spiro atoms. The Morgan fingerprint density at radius 2 is 1.73 bits per heavy atom. The van der Waals surface area contributed by atoms with Crippen LogP contribution < -0.4 is 10.2 Å². The van der Waals surface area contributed by atoms with Crippen LogP contribution in [0.25, 0.3) is 0 Å². The second kappa shape index (κ2) is 10.9. The van der Waals surface area contributed by atoms with Gasteiger partial charge in [0.2, 0.25) is 5.91 Å².